The van der Waals surface area contributed by atoms with Crippen LogP contribution >= 0.6 is 0 Å². The molecule has 2 amide bonds. The van der Waals surface area contributed by atoms with Gasteiger partial charge in [-0.1, -0.05) is 0 Å². The lowest BCUT2D eigenvalue weighted by atomic mass is 10.1. The largest absolute Gasteiger partial charge is 0.439 e. The number of aromatic nitrogens is 3. The molecule has 39 heavy (non-hydrogen) atoms. The summed E-state index contributed by atoms with van der Waals surface area (Å²) in [6, 6.07) is 11.3. The topological polar surface area (TPSA) is 127 Å². The van der Waals surface area contributed by atoms with Crippen molar-refractivity contribution in [2.24, 2.45) is 5.73 Å². The van der Waals surface area contributed by atoms with Gasteiger partial charge >= 0.3 is 12.2 Å². The highest BCUT2D eigenvalue weighted by molar-refractivity contribution is 5.99. The number of benzene rings is 2. The van der Waals surface area contributed by atoms with Crippen LogP contribution < -0.4 is 26.0 Å². The lowest BCUT2D eigenvalue weighted by molar-refractivity contribution is -0.137. The van der Waals surface area contributed by atoms with Gasteiger partial charge in [0.1, 0.15) is 12.1 Å². The summed E-state index contributed by atoms with van der Waals surface area (Å²) in [5, 5.41) is 6.34. The molecule has 0 saturated carbocycles. The van der Waals surface area contributed by atoms with E-state index in [9.17, 15) is 22.8 Å². The molecule has 0 spiro atoms. The van der Waals surface area contributed by atoms with Crippen molar-refractivity contribution in [1.82, 2.24) is 19.9 Å². The molecule has 1 aliphatic rings. The summed E-state index contributed by atoms with van der Waals surface area (Å²) in [5.41, 5.74) is 5.45. The minimum Gasteiger partial charge on any atom is -0.439 e. The third-order valence-corrected chi connectivity index (χ3v) is 6.17. The molecule has 202 valence electrons. The average Bonchev–Trinajstić information content (AvgIpc) is 3.32. The van der Waals surface area contributed by atoms with E-state index in [0.29, 0.717) is 48.5 Å². The molecule has 1 aliphatic heterocycles. The highest BCUT2D eigenvalue weighted by Gasteiger charge is 2.35. The SMILES string of the molecule is NC(=O)Cc1cc(Oc2ccc3c(ccn3C(=O)Nc3ccc(N4CCNCC4)c(C(F)(F)F)c3)c2)ncn1. The van der Waals surface area contributed by atoms with Crippen LogP contribution in [0.4, 0.5) is 29.3 Å². The molecule has 2 aromatic carbocycles. The molecule has 0 aliphatic carbocycles. The Labute approximate surface area is 220 Å². The van der Waals surface area contributed by atoms with Crippen LogP contribution in [0.3, 0.4) is 0 Å². The number of carbonyl (C=O) groups is 2. The third-order valence-electron chi connectivity index (χ3n) is 6.17. The standard InChI is InChI=1S/C26H24F3N7O3/c27-26(28,29)20-12-17(1-3-22(20)35-9-6-31-7-10-35)34-25(38)36-8-5-16-11-19(2-4-21(16)36)39-24-14-18(13-23(30)37)32-15-33-24/h1-5,8,11-12,14-15,31H,6-7,9-10,13H2,(H2,30,37)(H,34,38). The van der Waals surface area contributed by atoms with E-state index < -0.39 is 23.7 Å². The Balaban J connectivity index is 1.34. The van der Waals surface area contributed by atoms with Gasteiger partial charge < -0.3 is 26.0 Å². The number of nitrogens with zero attached hydrogens (tertiary/aromatic N) is 4. The van der Waals surface area contributed by atoms with Crippen molar-refractivity contribution >= 4 is 34.2 Å². The molecule has 4 aromatic rings. The zero-order valence-electron chi connectivity index (χ0n) is 20.5. The van der Waals surface area contributed by atoms with Gasteiger partial charge in [0.15, 0.2) is 0 Å². The van der Waals surface area contributed by atoms with E-state index in [0.717, 1.165) is 6.07 Å². The summed E-state index contributed by atoms with van der Waals surface area (Å²) in [6.45, 7) is 2.11. The van der Waals surface area contributed by atoms with Gasteiger partial charge in [-0.2, -0.15) is 13.2 Å². The van der Waals surface area contributed by atoms with Crippen molar-refractivity contribution in [3.05, 3.63) is 72.3 Å². The zero-order valence-corrected chi connectivity index (χ0v) is 20.5. The minimum absolute atomic E-state index is 0.0311. The summed E-state index contributed by atoms with van der Waals surface area (Å²) < 4.78 is 48.7. The second-order valence-electron chi connectivity index (χ2n) is 8.90. The number of alkyl halides is 3. The van der Waals surface area contributed by atoms with Gasteiger partial charge in [-0.15, -0.1) is 0 Å². The Kier molecular flexibility index (Phi) is 7.07. The molecule has 0 unspecified atom stereocenters. The number of fused-ring (bicyclic) bond motifs is 1. The van der Waals surface area contributed by atoms with Crippen molar-refractivity contribution in [3.8, 4) is 11.6 Å². The fraction of sp³-hybridized carbons (Fsp3) is 0.231. The van der Waals surface area contributed by atoms with Gasteiger partial charge in [-0.3, -0.25) is 9.36 Å². The summed E-state index contributed by atoms with van der Waals surface area (Å²) in [7, 11) is 0. The minimum atomic E-state index is -4.58. The lowest BCUT2D eigenvalue weighted by Crippen LogP contribution is -2.44. The van der Waals surface area contributed by atoms with Crippen LogP contribution in [0.5, 0.6) is 11.6 Å². The number of anilines is 2. The predicted molar refractivity (Wildman–Crippen MR) is 138 cm³/mol. The zero-order chi connectivity index (χ0) is 27.6. The van der Waals surface area contributed by atoms with Crippen LogP contribution in [-0.2, 0) is 17.4 Å². The van der Waals surface area contributed by atoms with E-state index in [2.05, 4.69) is 20.6 Å². The predicted octanol–water partition coefficient (Wildman–Crippen LogP) is 3.76. The van der Waals surface area contributed by atoms with Crippen molar-refractivity contribution in [1.29, 1.82) is 0 Å². The second-order valence-corrected chi connectivity index (χ2v) is 8.90. The van der Waals surface area contributed by atoms with Crippen LogP contribution in [0.1, 0.15) is 11.3 Å². The molecule has 4 N–H and O–H groups in total. The number of hydrogen-bond acceptors (Lipinski definition) is 7. The van der Waals surface area contributed by atoms with Crippen molar-refractivity contribution in [3.63, 3.8) is 0 Å². The van der Waals surface area contributed by atoms with Crippen molar-refractivity contribution < 1.29 is 27.5 Å². The van der Waals surface area contributed by atoms with Crippen LogP contribution in [0.15, 0.2) is 61.1 Å². The third kappa shape index (κ3) is 5.93. The van der Waals surface area contributed by atoms with Gasteiger partial charge in [-0.25, -0.2) is 14.8 Å². The van der Waals surface area contributed by atoms with Gasteiger partial charge in [0.25, 0.3) is 0 Å². The molecule has 10 nitrogen and oxygen atoms in total. The quantitative estimate of drug-likeness (QED) is 0.341. The van der Waals surface area contributed by atoms with E-state index in [4.69, 9.17) is 10.5 Å². The number of carbonyl (C=O) groups excluding carboxylic acids is 2. The molecule has 0 atom stereocenters. The lowest BCUT2D eigenvalue weighted by Gasteiger charge is -2.31. The molecule has 3 heterocycles. The smallest absolute Gasteiger partial charge is 0.418 e. The number of piperazine rings is 1. The maximum absolute atomic E-state index is 13.9. The molecular formula is C26H24F3N7O3. The first-order valence-electron chi connectivity index (χ1n) is 12.0. The first-order valence-corrected chi connectivity index (χ1v) is 12.0. The Bertz CT molecular complexity index is 1530. The van der Waals surface area contributed by atoms with E-state index in [-0.39, 0.29) is 23.7 Å². The fourth-order valence-electron chi connectivity index (χ4n) is 4.40. The maximum Gasteiger partial charge on any atom is 0.418 e. The van der Waals surface area contributed by atoms with E-state index in [1.165, 1.54) is 35.3 Å². The molecule has 1 fully saturated rings. The van der Waals surface area contributed by atoms with Crippen LogP contribution in [0, 0.1) is 0 Å². The average molecular weight is 540 g/mol. The first-order chi connectivity index (χ1) is 18.7. The second kappa shape index (κ2) is 10.6. The highest BCUT2D eigenvalue weighted by atomic mass is 19.4. The summed E-state index contributed by atoms with van der Waals surface area (Å²) in [6.07, 6.45) is -1.87. The Morgan fingerprint density at radius 1 is 1.05 bits per heavy atom. The summed E-state index contributed by atoms with van der Waals surface area (Å²) in [4.78, 5) is 33.8. The molecule has 5 rings (SSSR count). The van der Waals surface area contributed by atoms with Gasteiger partial charge in [-0.05, 0) is 42.5 Å². The number of primary amides is 1. The van der Waals surface area contributed by atoms with Gasteiger partial charge in [0.2, 0.25) is 11.8 Å². The normalized spacial score (nSPS) is 13.9. The van der Waals surface area contributed by atoms with E-state index in [1.807, 2.05) is 0 Å². The van der Waals surface area contributed by atoms with Crippen molar-refractivity contribution in [2.45, 2.75) is 12.6 Å². The molecule has 0 bridgehead atoms. The number of nitrogens with one attached hydrogen (secondary N) is 2. The van der Waals surface area contributed by atoms with Crippen LogP contribution in [0.2, 0.25) is 0 Å². The monoisotopic (exact) mass is 539 g/mol. The molecular weight excluding hydrogens is 515 g/mol. The molecule has 13 heteroatoms. The number of rotatable bonds is 6. The number of nitrogens with two attached hydrogens (primary N) is 1. The summed E-state index contributed by atoms with van der Waals surface area (Å²) >= 11 is 0. The maximum atomic E-state index is 13.9. The van der Waals surface area contributed by atoms with Crippen LogP contribution in [0.25, 0.3) is 10.9 Å². The van der Waals surface area contributed by atoms with E-state index in [1.54, 1.807) is 29.2 Å². The number of hydrogen-bond donors (Lipinski definition) is 3. The highest BCUT2D eigenvalue weighted by Crippen LogP contribution is 2.38. The molecule has 0 radical (unpaired) electrons. The molecule has 2 aromatic heterocycles. The van der Waals surface area contributed by atoms with Gasteiger partial charge in [0, 0.05) is 55.2 Å². The van der Waals surface area contributed by atoms with Crippen LogP contribution in [-0.4, -0.2) is 52.7 Å². The van der Waals surface area contributed by atoms with Gasteiger partial charge in [0.05, 0.1) is 23.2 Å². The Morgan fingerprint density at radius 2 is 1.85 bits per heavy atom. The van der Waals surface area contributed by atoms with Crippen molar-refractivity contribution in [2.75, 3.05) is 36.4 Å². The number of halogens is 3. The fourth-order valence-corrected chi connectivity index (χ4v) is 4.40. The van der Waals surface area contributed by atoms with E-state index >= 15 is 0 Å². The Hall–Kier alpha value is -4.65. The number of ether oxygens (including phenoxy) is 1. The Morgan fingerprint density at radius 3 is 2.59 bits per heavy atom. The summed E-state index contributed by atoms with van der Waals surface area (Å²) in [5.74, 6) is 0.0935. The molecule has 1 saturated heterocycles. The number of amides is 2. The first kappa shape index (κ1) is 26.0.